The van der Waals surface area contributed by atoms with Crippen molar-refractivity contribution in [3.63, 3.8) is 0 Å². The van der Waals surface area contributed by atoms with Gasteiger partial charge in [0, 0.05) is 12.8 Å². The number of likely N-dealkylation sites (N-methyl/N-ethyl adjacent to an activating group) is 1. The second-order valence-electron chi connectivity index (χ2n) is 16.6. The number of rotatable bonds is 41. The molecular weight excluding hydrogens is 790 g/mol. The van der Waals surface area contributed by atoms with Crippen LogP contribution in [-0.4, -0.2) is 86.1 Å². The summed E-state index contributed by atoms with van der Waals surface area (Å²) < 4.78 is 34.2. The molecule has 350 valence electrons. The van der Waals surface area contributed by atoms with E-state index in [1.165, 1.54) is 57.8 Å². The normalized spacial score (nSPS) is 14.8. The Kier molecular flexibility index (Phi) is 39.3. The quantitative estimate of drug-likeness (QED) is 0.0154. The molecular formula is C50H87NO9P+. The lowest BCUT2D eigenvalue weighted by Gasteiger charge is -2.24. The van der Waals surface area contributed by atoms with Gasteiger partial charge in [0.1, 0.15) is 19.8 Å². The highest BCUT2D eigenvalue weighted by Gasteiger charge is 2.27. The molecule has 2 unspecified atom stereocenters. The van der Waals surface area contributed by atoms with E-state index in [9.17, 15) is 24.2 Å². The van der Waals surface area contributed by atoms with Crippen molar-refractivity contribution in [1.29, 1.82) is 0 Å². The number of phosphoric acid groups is 1. The van der Waals surface area contributed by atoms with E-state index in [1.807, 2.05) is 33.3 Å². The molecule has 0 bridgehead atoms. The molecule has 0 fully saturated rings. The van der Waals surface area contributed by atoms with Gasteiger partial charge in [-0.05, 0) is 77.0 Å². The minimum atomic E-state index is -4.44. The highest BCUT2D eigenvalue weighted by atomic mass is 31.2. The topological polar surface area (TPSA) is 129 Å². The maximum Gasteiger partial charge on any atom is 0.472 e. The molecule has 0 radical (unpaired) electrons. The van der Waals surface area contributed by atoms with Gasteiger partial charge in [-0.15, -0.1) is 0 Å². The van der Waals surface area contributed by atoms with Crippen LogP contribution in [0.4, 0.5) is 0 Å². The predicted octanol–water partition coefficient (Wildman–Crippen LogP) is 12.5. The van der Waals surface area contributed by atoms with Crippen LogP contribution in [0.3, 0.4) is 0 Å². The van der Waals surface area contributed by atoms with E-state index in [0.29, 0.717) is 30.3 Å². The number of unbranched alkanes of at least 4 members (excludes halogenated alkanes) is 12. The van der Waals surface area contributed by atoms with Gasteiger partial charge in [0.05, 0.1) is 33.9 Å². The molecule has 11 heteroatoms. The van der Waals surface area contributed by atoms with E-state index in [1.54, 1.807) is 12.2 Å². The van der Waals surface area contributed by atoms with Crippen LogP contribution < -0.4 is 0 Å². The number of carbonyl (C=O) groups excluding carboxylic acids is 2. The van der Waals surface area contributed by atoms with Crippen molar-refractivity contribution in [2.45, 2.75) is 174 Å². The molecule has 2 N–H and O–H groups in total. The Hall–Kier alpha value is -2.85. The van der Waals surface area contributed by atoms with E-state index in [2.05, 4.69) is 74.6 Å². The number of phosphoric ester groups is 1. The molecule has 61 heavy (non-hydrogen) atoms. The van der Waals surface area contributed by atoms with E-state index in [4.69, 9.17) is 18.5 Å². The molecule has 0 spiro atoms. The molecule has 0 aromatic rings. The van der Waals surface area contributed by atoms with Crippen molar-refractivity contribution < 1.29 is 47.2 Å². The Bertz CT molecular complexity index is 1330. The molecule has 0 saturated heterocycles. The molecule has 0 rings (SSSR count). The Morgan fingerprint density at radius 3 is 1.72 bits per heavy atom. The Morgan fingerprint density at radius 2 is 1.13 bits per heavy atom. The van der Waals surface area contributed by atoms with Crippen LogP contribution >= 0.6 is 7.82 Å². The number of nitrogens with zero attached hydrogens (tertiary/aromatic N) is 1. The lowest BCUT2D eigenvalue weighted by molar-refractivity contribution is -0.870. The molecule has 0 saturated carbocycles. The maximum absolute atomic E-state index is 12.7. The number of carbonyl (C=O) groups is 2. The number of ether oxygens (including phenoxy) is 2. The Morgan fingerprint density at radius 1 is 0.607 bits per heavy atom. The summed E-state index contributed by atoms with van der Waals surface area (Å²) in [5.74, 6) is -1.01. The van der Waals surface area contributed by atoms with Gasteiger partial charge < -0.3 is 24.0 Å². The zero-order valence-corrected chi connectivity index (χ0v) is 39.9. The Labute approximate surface area is 372 Å². The first-order valence-electron chi connectivity index (χ1n) is 23.4. The third-order valence-electron chi connectivity index (χ3n) is 9.51. The van der Waals surface area contributed by atoms with Crippen LogP contribution in [0, 0.1) is 0 Å². The summed E-state index contributed by atoms with van der Waals surface area (Å²) in [6, 6.07) is 0. The van der Waals surface area contributed by atoms with Gasteiger partial charge >= 0.3 is 19.8 Å². The number of allylic oxidation sites excluding steroid dienone is 13. The molecule has 0 heterocycles. The first-order chi connectivity index (χ1) is 29.4. The minimum Gasteiger partial charge on any atom is -0.462 e. The summed E-state index contributed by atoms with van der Waals surface area (Å²) in [6.45, 7) is 4.04. The molecule has 0 amide bonds. The van der Waals surface area contributed by atoms with E-state index >= 15 is 0 Å². The van der Waals surface area contributed by atoms with Crippen LogP contribution in [0.15, 0.2) is 85.1 Å². The van der Waals surface area contributed by atoms with Gasteiger partial charge in [-0.2, -0.15) is 0 Å². The summed E-state index contributed by atoms with van der Waals surface area (Å²) >= 11 is 0. The molecule has 0 aromatic carbocycles. The van der Waals surface area contributed by atoms with Gasteiger partial charge in [0.2, 0.25) is 0 Å². The third-order valence-corrected chi connectivity index (χ3v) is 10.5. The number of quaternary nitrogens is 1. The molecule has 0 aliphatic rings. The van der Waals surface area contributed by atoms with Crippen molar-refractivity contribution in [1.82, 2.24) is 0 Å². The molecule has 0 aromatic heterocycles. The smallest absolute Gasteiger partial charge is 0.462 e. The van der Waals surface area contributed by atoms with Gasteiger partial charge in [-0.1, -0.05) is 157 Å². The highest BCUT2D eigenvalue weighted by molar-refractivity contribution is 7.47. The van der Waals surface area contributed by atoms with Crippen molar-refractivity contribution >= 4 is 19.8 Å². The van der Waals surface area contributed by atoms with Gasteiger partial charge in [0.15, 0.2) is 6.10 Å². The van der Waals surface area contributed by atoms with Crippen molar-refractivity contribution in [3.05, 3.63) is 85.1 Å². The average molecular weight is 877 g/mol. The van der Waals surface area contributed by atoms with Gasteiger partial charge in [0.25, 0.3) is 0 Å². The monoisotopic (exact) mass is 877 g/mol. The fourth-order valence-corrected chi connectivity index (χ4v) is 6.58. The summed E-state index contributed by atoms with van der Waals surface area (Å²) in [7, 11) is 1.34. The van der Waals surface area contributed by atoms with Crippen molar-refractivity contribution in [2.75, 3.05) is 47.5 Å². The first kappa shape index (κ1) is 58.1. The van der Waals surface area contributed by atoms with Crippen LogP contribution in [0.1, 0.15) is 162 Å². The number of aliphatic hydroxyl groups is 1. The highest BCUT2D eigenvalue weighted by Crippen LogP contribution is 2.43. The zero-order chi connectivity index (χ0) is 45.1. The summed E-state index contributed by atoms with van der Waals surface area (Å²) in [6.07, 6.45) is 49.5. The summed E-state index contributed by atoms with van der Waals surface area (Å²) in [5, 5.41) is 10.3. The molecule has 0 aliphatic heterocycles. The molecule has 10 nitrogen and oxygen atoms in total. The van der Waals surface area contributed by atoms with Crippen LogP contribution in [0.5, 0.6) is 0 Å². The van der Waals surface area contributed by atoms with E-state index < -0.39 is 38.6 Å². The summed E-state index contributed by atoms with van der Waals surface area (Å²) in [5.41, 5.74) is 0. The number of aliphatic hydroxyl groups excluding tert-OH is 1. The van der Waals surface area contributed by atoms with Gasteiger partial charge in [-0.3, -0.25) is 18.6 Å². The van der Waals surface area contributed by atoms with Crippen LogP contribution in [0.2, 0.25) is 0 Å². The first-order valence-corrected chi connectivity index (χ1v) is 24.9. The van der Waals surface area contributed by atoms with Crippen LogP contribution in [-0.2, 0) is 32.7 Å². The fourth-order valence-electron chi connectivity index (χ4n) is 5.84. The number of hydrogen-bond donors (Lipinski definition) is 2. The summed E-state index contributed by atoms with van der Waals surface area (Å²) in [4.78, 5) is 35.5. The van der Waals surface area contributed by atoms with E-state index in [0.717, 1.165) is 57.8 Å². The minimum absolute atomic E-state index is 0.00477. The second-order valence-corrected chi connectivity index (χ2v) is 18.1. The lowest BCUT2D eigenvalue weighted by Crippen LogP contribution is -2.37. The average Bonchev–Trinajstić information content (AvgIpc) is 3.21. The standard InChI is InChI=1S/C50H86NO9P/c1-6-8-10-12-14-16-18-20-21-22-23-24-25-27-29-31-33-35-37-41-49(53)57-45-48(46-59-61(55,56)58-44-43-51(3,4)5)60-50(54)42-38-40-47(52)39-36-34-32-30-28-26-19-17-15-13-11-9-7-2/h9,11,14-17,20-21,26,28,32,34,36,39,47-48,52H,6-8,10,12-13,18-19,22-25,27,29-31,33,35,37-38,40-46H2,1-5H3/p+1/b11-9-,16-14-,17-15-,21-20-,28-26-,34-32-,39-36+/t47?,48-/m1/s1. The SMILES string of the molecule is CC/C=C\C/C=C\C/C=C\C/C=C\C=C\C(O)CCCC(=O)O[C@H](COC(=O)CCCCCCCCCCC/C=C\C/C=C\CCCCC)COP(=O)(O)OCC[N+](C)(C)C. The zero-order valence-electron chi connectivity index (χ0n) is 39.0. The molecule has 0 aliphatic carbocycles. The fraction of sp³-hybridized carbons (Fsp3) is 0.680. The van der Waals surface area contributed by atoms with Crippen LogP contribution in [0.25, 0.3) is 0 Å². The van der Waals surface area contributed by atoms with Gasteiger partial charge in [-0.25, -0.2) is 4.57 Å². The number of hydrogen-bond acceptors (Lipinski definition) is 8. The van der Waals surface area contributed by atoms with Crippen molar-refractivity contribution in [3.8, 4) is 0 Å². The largest absolute Gasteiger partial charge is 0.472 e. The third kappa shape index (κ3) is 45.0. The molecule has 3 atom stereocenters. The Balaban J connectivity index is 4.51. The van der Waals surface area contributed by atoms with E-state index in [-0.39, 0.29) is 26.1 Å². The number of esters is 2. The predicted molar refractivity (Wildman–Crippen MR) is 253 cm³/mol. The van der Waals surface area contributed by atoms with Crippen molar-refractivity contribution in [2.24, 2.45) is 0 Å². The lowest BCUT2D eigenvalue weighted by atomic mass is 10.1. The second kappa shape index (κ2) is 41.2. The maximum atomic E-state index is 12.7.